The van der Waals surface area contributed by atoms with Gasteiger partial charge in [-0.1, -0.05) is 0 Å². The lowest BCUT2D eigenvalue weighted by atomic mass is 10.2. The monoisotopic (exact) mass is 318 g/mol. The van der Waals surface area contributed by atoms with Crippen LogP contribution in [0.1, 0.15) is 24.2 Å². The van der Waals surface area contributed by atoms with Crippen LogP contribution in [0, 0.1) is 6.92 Å². The molecule has 0 aliphatic heterocycles. The lowest BCUT2D eigenvalue weighted by molar-refractivity contribution is 0.111. The van der Waals surface area contributed by atoms with E-state index in [0.717, 1.165) is 37.6 Å². The van der Waals surface area contributed by atoms with Gasteiger partial charge in [0.2, 0.25) is 0 Å². The maximum atomic E-state index is 10.8. The summed E-state index contributed by atoms with van der Waals surface area (Å²) in [4.78, 5) is 27.7. The number of carbonyl (C=O) groups excluding carboxylic acids is 2. The predicted molar refractivity (Wildman–Crippen MR) is 86.5 cm³/mol. The highest BCUT2D eigenvalue weighted by atomic mass is 32.1. The van der Waals surface area contributed by atoms with Gasteiger partial charge < -0.3 is 0 Å². The van der Waals surface area contributed by atoms with Crippen molar-refractivity contribution in [3.05, 3.63) is 45.0 Å². The lowest BCUT2D eigenvalue weighted by Crippen LogP contribution is -1.70. The van der Waals surface area contributed by atoms with E-state index in [-0.39, 0.29) is 0 Å². The van der Waals surface area contributed by atoms with E-state index in [1.165, 1.54) is 32.4 Å². The van der Waals surface area contributed by atoms with Crippen molar-refractivity contribution in [3.63, 3.8) is 0 Å². The minimum absolute atomic E-state index is 0.731. The fraction of sp³-hybridized carbons (Fsp3) is 0.0667. The number of hydrogen-bond acceptors (Lipinski definition) is 5. The molecule has 0 saturated carbocycles. The average Bonchev–Trinajstić information content (AvgIpc) is 3.16. The molecule has 0 N–H and O–H groups in total. The van der Waals surface area contributed by atoms with Crippen molar-refractivity contribution in [3.8, 4) is 20.2 Å². The predicted octanol–water partition coefficient (Wildman–Crippen LogP) is 5.14. The second-order valence-corrected chi connectivity index (χ2v) is 7.73. The van der Waals surface area contributed by atoms with Gasteiger partial charge in [-0.2, -0.15) is 0 Å². The highest BCUT2D eigenvalue weighted by molar-refractivity contribution is 7.24. The van der Waals surface area contributed by atoms with E-state index >= 15 is 0 Å². The molecular formula is C15H10O2S3. The van der Waals surface area contributed by atoms with Crippen LogP contribution in [-0.2, 0) is 0 Å². The molecule has 0 atom stereocenters. The van der Waals surface area contributed by atoms with E-state index < -0.39 is 0 Å². The number of aldehydes is 2. The van der Waals surface area contributed by atoms with Gasteiger partial charge >= 0.3 is 0 Å². The molecule has 0 bridgehead atoms. The Morgan fingerprint density at radius 1 is 0.850 bits per heavy atom. The van der Waals surface area contributed by atoms with Crippen molar-refractivity contribution in [2.45, 2.75) is 6.92 Å². The van der Waals surface area contributed by atoms with Crippen molar-refractivity contribution < 1.29 is 9.59 Å². The third-order valence-corrected chi connectivity index (χ3v) is 6.12. The Kier molecular flexibility index (Phi) is 3.65. The molecule has 100 valence electrons. The summed E-state index contributed by atoms with van der Waals surface area (Å²) in [6.07, 6.45) is 1.76. The van der Waals surface area contributed by atoms with E-state index in [1.54, 1.807) is 11.3 Å². The molecule has 3 heterocycles. The van der Waals surface area contributed by atoms with Crippen molar-refractivity contribution in [2.24, 2.45) is 0 Å². The quantitative estimate of drug-likeness (QED) is 0.624. The first-order valence-corrected chi connectivity index (χ1v) is 8.37. The average molecular weight is 318 g/mol. The van der Waals surface area contributed by atoms with Crippen molar-refractivity contribution in [2.75, 3.05) is 0 Å². The van der Waals surface area contributed by atoms with Gasteiger partial charge in [-0.3, -0.25) is 9.59 Å². The highest BCUT2D eigenvalue weighted by Gasteiger charge is 2.15. The largest absolute Gasteiger partial charge is 0.297 e. The summed E-state index contributed by atoms with van der Waals surface area (Å²) in [6.45, 7) is 2.07. The number of carbonyl (C=O) groups is 2. The summed E-state index contributed by atoms with van der Waals surface area (Å²) in [6, 6.07) is 9.79. The Bertz CT molecular complexity index is 713. The zero-order valence-electron chi connectivity index (χ0n) is 10.6. The lowest BCUT2D eigenvalue weighted by Gasteiger charge is -1.98. The van der Waals surface area contributed by atoms with Gasteiger partial charge in [-0.15, -0.1) is 34.0 Å². The van der Waals surface area contributed by atoms with Crippen LogP contribution in [0.2, 0.25) is 0 Å². The Labute approximate surface area is 128 Å². The zero-order chi connectivity index (χ0) is 14.1. The van der Waals surface area contributed by atoms with Crippen LogP contribution < -0.4 is 0 Å². The Balaban J connectivity index is 2.12. The normalized spacial score (nSPS) is 10.7. The summed E-state index contributed by atoms with van der Waals surface area (Å²) in [7, 11) is 0. The van der Waals surface area contributed by atoms with Crippen LogP contribution in [0.15, 0.2) is 30.3 Å². The number of hydrogen-bond donors (Lipinski definition) is 0. The molecule has 0 aliphatic carbocycles. The number of rotatable bonds is 4. The number of thiophene rings is 3. The minimum Gasteiger partial charge on any atom is -0.297 e. The van der Waals surface area contributed by atoms with Gasteiger partial charge in [0.25, 0.3) is 0 Å². The molecule has 5 heteroatoms. The second kappa shape index (κ2) is 5.44. The molecule has 0 unspecified atom stereocenters. The second-order valence-electron chi connectivity index (χ2n) is 4.24. The van der Waals surface area contributed by atoms with Crippen molar-refractivity contribution >= 4 is 46.6 Å². The van der Waals surface area contributed by atoms with Gasteiger partial charge in [-0.25, -0.2) is 0 Å². The number of aryl methyl sites for hydroxylation is 1. The molecule has 3 aromatic heterocycles. The summed E-state index contributed by atoms with van der Waals surface area (Å²) in [5, 5.41) is 0. The zero-order valence-corrected chi connectivity index (χ0v) is 13.0. The minimum atomic E-state index is 0.731. The van der Waals surface area contributed by atoms with Gasteiger partial charge in [-0.05, 0) is 37.3 Å². The molecule has 0 aliphatic rings. The SMILES string of the molecule is Cc1cc(-c2ccc(C=O)s2)c(-c2ccc(C=O)s2)s1. The van der Waals surface area contributed by atoms with Crippen LogP contribution in [-0.4, -0.2) is 12.6 Å². The van der Waals surface area contributed by atoms with E-state index in [0.29, 0.717) is 0 Å². The van der Waals surface area contributed by atoms with Crippen LogP contribution in [0.25, 0.3) is 20.2 Å². The fourth-order valence-electron chi connectivity index (χ4n) is 1.98. The summed E-state index contributed by atoms with van der Waals surface area (Å²) in [5.74, 6) is 0. The third-order valence-electron chi connectivity index (χ3n) is 2.83. The molecule has 0 aromatic carbocycles. The van der Waals surface area contributed by atoms with Gasteiger partial charge in [0.05, 0.1) is 14.6 Å². The summed E-state index contributed by atoms with van der Waals surface area (Å²) < 4.78 is 0. The molecule has 0 amide bonds. The van der Waals surface area contributed by atoms with Gasteiger partial charge in [0.15, 0.2) is 12.6 Å². The first kappa shape index (κ1) is 13.4. The smallest absolute Gasteiger partial charge is 0.160 e. The highest BCUT2D eigenvalue weighted by Crippen LogP contribution is 2.43. The maximum absolute atomic E-state index is 10.8. The van der Waals surface area contributed by atoms with Gasteiger partial charge in [0.1, 0.15) is 0 Å². The van der Waals surface area contributed by atoms with Crippen LogP contribution in [0.3, 0.4) is 0 Å². The Hall–Kier alpha value is -1.56. The molecule has 0 saturated heterocycles. The molecule has 3 rings (SSSR count). The first-order valence-electron chi connectivity index (χ1n) is 5.92. The summed E-state index contributed by atoms with van der Waals surface area (Å²) >= 11 is 4.71. The van der Waals surface area contributed by atoms with E-state index in [2.05, 4.69) is 13.0 Å². The Morgan fingerprint density at radius 2 is 1.45 bits per heavy atom. The van der Waals surface area contributed by atoms with Crippen LogP contribution >= 0.6 is 34.0 Å². The topological polar surface area (TPSA) is 34.1 Å². The standard InChI is InChI=1S/C15H10O2S3/c1-9-6-12(13-4-2-10(7-16)19-13)15(18-9)14-5-3-11(8-17)20-14/h2-8H,1H3. The molecule has 0 spiro atoms. The molecular weight excluding hydrogens is 308 g/mol. The molecule has 0 fully saturated rings. The molecule has 3 aromatic rings. The Morgan fingerprint density at radius 3 is 2.05 bits per heavy atom. The molecule has 20 heavy (non-hydrogen) atoms. The maximum Gasteiger partial charge on any atom is 0.160 e. The third kappa shape index (κ3) is 2.40. The van der Waals surface area contributed by atoms with Crippen LogP contribution in [0.4, 0.5) is 0 Å². The van der Waals surface area contributed by atoms with Gasteiger partial charge in [0, 0.05) is 20.2 Å². The molecule has 0 radical (unpaired) electrons. The molecule has 2 nitrogen and oxygen atoms in total. The van der Waals surface area contributed by atoms with E-state index in [4.69, 9.17) is 0 Å². The van der Waals surface area contributed by atoms with E-state index in [9.17, 15) is 9.59 Å². The summed E-state index contributed by atoms with van der Waals surface area (Å²) in [5.41, 5.74) is 1.14. The van der Waals surface area contributed by atoms with Crippen molar-refractivity contribution in [1.82, 2.24) is 0 Å². The first-order chi connectivity index (χ1) is 9.71. The van der Waals surface area contributed by atoms with Crippen molar-refractivity contribution in [1.29, 1.82) is 0 Å². The fourth-order valence-corrected chi connectivity index (χ4v) is 4.86. The van der Waals surface area contributed by atoms with Crippen LogP contribution in [0.5, 0.6) is 0 Å². The van der Waals surface area contributed by atoms with E-state index in [1.807, 2.05) is 24.3 Å².